The van der Waals surface area contributed by atoms with Crippen molar-refractivity contribution >= 4 is 234 Å². The van der Waals surface area contributed by atoms with Gasteiger partial charge in [-0.1, -0.05) is 148 Å². The van der Waals surface area contributed by atoms with E-state index in [0.717, 1.165) is 92.7 Å². The number of fused-ring (bicyclic) bond motifs is 4. The van der Waals surface area contributed by atoms with Crippen molar-refractivity contribution in [3.8, 4) is 54.3 Å². The third-order valence-electron chi connectivity index (χ3n) is 19.0. The summed E-state index contributed by atoms with van der Waals surface area (Å²) in [5.74, 6) is -2.23. The SMILES string of the molecule is Cc1ccc(S(=O)(=O)n2cc(-c3cccc(F)c3Cl)c3cc(-c4cc(C)cs4)cnc32)cc1.Cc1ccc(S(=O)(=O)n2cc(-c3cccc(F)c3Cl)c3cc(Br)cnc32)cc1.Cc1ccc(S(=O)(=O)n2cc(I)c3cc(Br)cnc32)cc1.Cc1csc(-c2cnc3[nH]cc(-c4cccc(F)c4Cl)c3c2)c1.Cc1csc(B(O)O)c1.OB(O)c1cccc(F)c1Cl. The number of nitrogens with zero attached hydrogens (tertiary/aromatic N) is 7. The molecule has 37 heteroatoms. The number of nitrogens with one attached hydrogen (secondary N) is 1. The maximum Gasteiger partial charge on any atom is 0.499 e. The summed E-state index contributed by atoms with van der Waals surface area (Å²) in [7, 11) is -14.5. The molecule has 11 heterocycles. The largest absolute Gasteiger partial charge is 0.499 e. The van der Waals surface area contributed by atoms with E-state index in [9.17, 15) is 42.8 Å². The Morgan fingerprint density at radius 3 is 1.14 bits per heavy atom. The van der Waals surface area contributed by atoms with Gasteiger partial charge in [0.25, 0.3) is 30.1 Å². The van der Waals surface area contributed by atoms with Gasteiger partial charge in [-0.05, 0) is 232 Å². The number of halogens is 11. The van der Waals surface area contributed by atoms with Crippen LogP contribution in [0.4, 0.5) is 17.6 Å². The van der Waals surface area contributed by atoms with Gasteiger partial charge in [-0.3, -0.25) is 0 Å². The molecule has 0 fully saturated rings. The summed E-state index contributed by atoms with van der Waals surface area (Å²) in [6.45, 7) is 11.7. The van der Waals surface area contributed by atoms with Crippen LogP contribution in [0.5, 0.6) is 0 Å². The number of rotatable bonds is 13. The minimum absolute atomic E-state index is 0.0216. The van der Waals surface area contributed by atoms with E-state index in [1.54, 1.807) is 150 Å². The van der Waals surface area contributed by atoms with Crippen LogP contribution in [0.25, 0.3) is 98.4 Å². The van der Waals surface area contributed by atoms with Crippen LogP contribution in [0.3, 0.4) is 0 Å². The van der Waals surface area contributed by atoms with Crippen molar-refractivity contribution in [2.45, 2.75) is 56.2 Å². The van der Waals surface area contributed by atoms with Crippen LogP contribution in [0.2, 0.25) is 20.1 Å². The first-order valence-corrected chi connectivity index (χ1v) is 48.1. The summed E-state index contributed by atoms with van der Waals surface area (Å²) in [4.78, 5) is 23.4. The number of aromatic nitrogens is 8. The Hall–Kier alpha value is -9.21. The monoisotopic (exact) mass is 2110 g/mol. The Kier molecular flexibility index (Phi) is 29.6. The molecule has 7 aromatic carbocycles. The first-order chi connectivity index (χ1) is 59.4. The quantitative estimate of drug-likeness (QED) is 0.0408. The van der Waals surface area contributed by atoms with E-state index in [2.05, 4.69) is 104 Å². The van der Waals surface area contributed by atoms with E-state index in [0.29, 0.717) is 53.5 Å². The second kappa shape index (κ2) is 39.6. The molecule has 0 aliphatic rings. The lowest BCUT2D eigenvalue weighted by atomic mass is 9.80. The Labute approximate surface area is 779 Å². The number of aryl methyl sites for hydroxylation is 6. The van der Waals surface area contributed by atoms with Gasteiger partial charge in [-0.2, -0.15) is 11.3 Å². The van der Waals surface area contributed by atoms with Crippen LogP contribution < -0.4 is 10.2 Å². The zero-order chi connectivity index (χ0) is 89.8. The van der Waals surface area contributed by atoms with Crippen LogP contribution >= 0.6 is 135 Å². The lowest BCUT2D eigenvalue weighted by Crippen LogP contribution is -2.31. The second-order valence-corrected chi connectivity index (χ2v) is 40.8. The van der Waals surface area contributed by atoms with Crippen molar-refractivity contribution in [3.63, 3.8) is 0 Å². The van der Waals surface area contributed by atoms with Crippen LogP contribution in [0.1, 0.15) is 33.4 Å². The zero-order valence-corrected chi connectivity index (χ0v) is 79.1. The molecule has 0 saturated heterocycles. The Morgan fingerprint density at radius 1 is 0.392 bits per heavy atom. The molecule has 0 unspecified atom stereocenters. The molecule has 18 aromatic rings. The van der Waals surface area contributed by atoms with E-state index in [-0.39, 0.29) is 51.5 Å². The van der Waals surface area contributed by atoms with Gasteiger partial charge in [-0.25, -0.2) is 74.7 Å². The fraction of sp³-hybridized carbons (Fsp3) is 0.0682. The average molecular weight is 2110 g/mol. The minimum atomic E-state index is -3.95. The van der Waals surface area contributed by atoms with Crippen molar-refractivity contribution in [2.75, 3.05) is 0 Å². The summed E-state index contributed by atoms with van der Waals surface area (Å²) in [5.41, 5.74) is 13.2. The van der Waals surface area contributed by atoms with Crippen LogP contribution in [0.15, 0.2) is 277 Å². The molecule has 125 heavy (non-hydrogen) atoms. The molecule has 0 aliphatic carbocycles. The number of pyridine rings is 4. The van der Waals surface area contributed by atoms with Gasteiger partial charge in [-0.15, -0.1) is 22.7 Å². The standard InChI is InChI=1S/C25H18ClFN2O2S2.C20H13BrClFN2O2S.C18H12ClFN2S.C14H10BrIN2O2S.C6H5BClFO2.C5H7BO2S/c1-15-6-8-18(9-7-15)33(30,31)29-13-21(19-4-3-5-22(27)24(19)26)20-11-17(12-28-25(20)29)23-10-16(2)14-32-23;1-12-5-7-14(8-6-12)28(26,27)25-11-17(15-3-2-4-18(23)19(15)22)16-9-13(21)10-24-20(16)25;1-10-5-16(23-9-10)11-6-13-14(8-22-18(13)21-7-11)12-3-2-4-15(20)17(12)19;1-9-2-4-11(5-3-9)21(19,20)18-8-13(16)12-6-10(15)7-17-14(12)18;8-6-4(7(10)11)2-1-3-5(6)9;1-4-2-5(6(7)8)9-3-4/h3-14H,1-2H3;2-11H,1H3;2-9H,1H3,(H,21,22);2-8H,1H3;1-3,10-11H;2-3,7-8H,1H3. The van der Waals surface area contributed by atoms with Gasteiger partial charge in [0.15, 0.2) is 16.9 Å². The fourth-order valence-corrected chi connectivity index (χ4v) is 21.6. The number of benzene rings is 7. The Bertz CT molecular complexity index is 7460. The van der Waals surface area contributed by atoms with E-state index in [1.807, 2.05) is 82.0 Å². The summed E-state index contributed by atoms with van der Waals surface area (Å²) in [5, 5.41) is 43.1. The molecule has 0 saturated carbocycles. The molecule has 18 nitrogen and oxygen atoms in total. The molecule has 636 valence electrons. The number of hydrogen-bond donors (Lipinski definition) is 5. The van der Waals surface area contributed by atoms with Gasteiger partial charge in [0.2, 0.25) is 0 Å². The van der Waals surface area contributed by atoms with E-state index >= 15 is 0 Å². The van der Waals surface area contributed by atoms with E-state index in [1.165, 1.54) is 75.9 Å². The number of hydrogen-bond acceptors (Lipinski definition) is 17. The average Bonchev–Trinajstić information content (AvgIpc) is 1.61. The number of aromatic amines is 1. The lowest BCUT2D eigenvalue weighted by molar-refractivity contribution is 0.424. The molecular formula is C88H65B2Br2Cl4F4IN8O10S6. The van der Waals surface area contributed by atoms with Crippen LogP contribution in [-0.4, -0.2) is 96.4 Å². The van der Waals surface area contributed by atoms with Gasteiger partial charge >= 0.3 is 14.2 Å². The third-order valence-corrected chi connectivity index (χ3v) is 30.6. The van der Waals surface area contributed by atoms with Crippen molar-refractivity contribution in [3.05, 3.63) is 343 Å². The van der Waals surface area contributed by atoms with Crippen molar-refractivity contribution in [2.24, 2.45) is 0 Å². The van der Waals surface area contributed by atoms with Crippen LogP contribution in [0, 0.1) is 68.4 Å². The van der Waals surface area contributed by atoms with E-state index < -0.39 is 67.6 Å². The molecule has 11 aromatic heterocycles. The predicted octanol–water partition coefficient (Wildman–Crippen LogP) is 22.8. The van der Waals surface area contributed by atoms with Crippen LogP contribution in [-0.2, 0) is 30.1 Å². The molecule has 0 spiro atoms. The first-order valence-electron chi connectivity index (χ1n) is 37.0. The van der Waals surface area contributed by atoms with Gasteiger partial charge in [0.05, 0.1) is 34.8 Å². The normalized spacial score (nSPS) is 11.4. The number of thiophene rings is 3. The summed E-state index contributed by atoms with van der Waals surface area (Å²) in [6, 6.07) is 51.1. The summed E-state index contributed by atoms with van der Waals surface area (Å²) in [6.07, 6.45) is 12.9. The van der Waals surface area contributed by atoms with Gasteiger partial charge in [0.1, 0.15) is 28.9 Å². The lowest BCUT2D eigenvalue weighted by Gasteiger charge is -2.07. The number of H-pyrrole nitrogens is 1. The maximum atomic E-state index is 14.3. The topological polar surface area (TPSA) is 265 Å². The molecule has 18 rings (SSSR count). The van der Waals surface area contributed by atoms with Crippen molar-refractivity contribution in [1.29, 1.82) is 0 Å². The molecule has 0 radical (unpaired) electrons. The first kappa shape index (κ1) is 93.4. The highest BCUT2D eigenvalue weighted by Crippen LogP contribution is 2.43. The highest BCUT2D eigenvalue weighted by atomic mass is 127. The maximum absolute atomic E-state index is 14.3. The third kappa shape index (κ3) is 20.8. The van der Waals surface area contributed by atoms with Gasteiger partial charge in [0, 0.05) is 148 Å². The molecule has 0 bridgehead atoms. The minimum Gasteiger partial charge on any atom is -0.423 e. The highest BCUT2D eigenvalue weighted by Gasteiger charge is 2.29. The molecule has 0 atom stereocenters. The van der Waals surface area contributed by atoms with E-state index in [4.69, 9.17) is 66.5 Å². The highest BCUT2D eigenvalue weighted by molar-refractivity contribution is 14.1. The Morgan fingerprint density at radius 2 is 0.752 bits per heavy atom. The Balaban J connectivity index is 0.000000134. The smallest absolute Gasteiger partial charge is 0.423 e. The van der Waals surface area contributed by atoms with Gasteiger partial charge < -0.3 is 25.1 Å². The molecule has 5 N–H and O–H groups in total. The predicted molar refractivity (Wildman–Crippen MR) is 512 cm³/mol. The van der Waals surface area contributed by atoms with Crippen molar-refractivity contribution in [1.82, 2.24) is 36.8 Å². The summed E-state index contributed by atoms with van der Waals surface area (Å²) >= 11 is 37.4. The second-order valence-electron chi connectivity index (χ2n) is 28.1. The molecule has 0 aliphatic heterocycles. The molecular weight excluding hydrogens is 2050 g/mol. The van der Waals surface area contributed by atoms with Crippen molar-refractivity contribution < 1.29 is 62.9 Å². The summed E-state index contributed by atoms with van der Waals surface area (Å²) < 4.78 is 140. The molecule has 0 amide bonds. The fourth-order valence-electron chi connectivity index (χ4n) is 12.7. The zero-order valence-electron chi connectivity index (χ0n) is 65.9.